The fourth-order valence-corrected chi connectivity index (χ4v) is 3.37. The molecular formula is C20H19N3O5. The standard InChI is InChI=1S/C20H19N3O5/c24-18-14-6-1-2-7-15(14)21-17(22-18)12-28-20(26)13-5-3-9-23(11-13)19(25)16-8-4-10-27-16/h1-2,4,6-8,10,13H,3,5,9,11-12H2,(H,21,22,24)/t13-/m1/s1. The molecule has 8 nitrogen and oxygen atoms in total. The number of carbonyl (C=O) groups is 2. The molecule has 3 aromatic rings. The number of ether oxygens (including phenoxy) is 1. The number of hydrogen-bond donors (Lipinski definition) is 1. The predicted octanol–water partition coefficient (Wildman–Crippen LogP) is 2.11. The highest BCUT2D eigenvalue weighted by Crippen LogP contribution is 2.20. The SMILES string of the molecule is O=C(OCc1nc2ccccc2c(=O)[nH]1)[C@@H]1CCCN(C(=O)c2ccco2)C1. The van der Waals surface area contributed by atoms with Crippen LogP contribution in [0.15, 0.2) is 51.9 Å². The summed E-state index contributed by atoms with van der Waals surface area (Å²) in [6.45, 7) is 0.727. The zero-order chi connectivity index (χ0) is 19.5. The molecule has 0 radical (unpaired) electrons. The highest BCUT2D eigenvalue weighted by Gasteiger charge is 2.31. The molecule has 1 atom stereocenters. The number of fused-ring (bicyclic) bond motifs is 1. The maximum absolute atomic E-state index is 12.5. The Balaban J connectivity index is 1.40. The van der Waals surface area contributed by atoms with E-state index in [4.69, 9.17) is 9.15 Å². The van der Waals surface area contributed by atoms with Gasteiger partial charge in [0.15, 0.2) is 5.76 Å². The van der Waals surface area contributed by atoms with Gasteiger partial charge in [-0.2, -0.15) is 0 Å². The highest BCUT2D eigenvalue weighted by molar-refractivity contribution is 5.91. The molecule has 28 heavy (non-hydrogen) atoms. The number of esters is 1. The van der Waals surface area contributed by atoms with Crippen LogP contribution in [-0.4, -0.2) is 39.8 Å². The molecule has 1 aliphatic rings. The van der Waals surface area contributed by atoms with Gasteiger partial charge in [-0.15, -0.1) is 0 Å². The lowest BCUT2D eigenvalue weighted by Gasteiger charge is -2.30. The van der Waals surface area contributed by atoms with E-state index in [0.717, 1.165) is 0 Å². The van der Waals surface area contributed by atoms with Gasteiger partial charge in [0.1, 0.15) is 12.4 Å². The van der Waals surface area contributed by atoms with Gasteiger partial charge in [-0.3, -0.25) is 14.4 Å². The predicted molar refractivity (Wildman–Crippen MR) is 99.5 cm³/mol. The minimum atomic E-state index is -0.417. The Morgan fingerprint density at radius 1 is 1.25 bits per heavy atom. The fraction of sp³-hybridized carbons (Fsp3) is 0.300. The summed E-state index contributed by atoms with van der Waals surface area (Å²) < 4.78 is 10.5. The van der Waals surface area contributed by atoms with Crippen molar-refractivity contribution in [3.05, 3.63) is 64.6 Å². The molecule has 8 heteroatoms. The van der Waals surface area contributed by atoms with Crippen LogP contribution >= 0.6 is 0 Å². The number of piperidine rings is 1. The summed E-state index contributed by atoms with van der Waals surface area (Å²) in [4.78, 5) is 45.5. The number of furan rings is 1. The second-order valence-electron chi connectivity index (χ2n) is 6.71. The molecule has 1 aromatic carbocycles. The lowest BCUT2D eigenvalue weighted by atomic mass is 9.98. The fourth-order valence-electron chi connectivity index (χ4n) is 3.37. The van der Waals surface area contributed by atoms with Gasteiger partial charge >= 0.3 is 5.97 Å². The zero-order valence-corrected chi connectivity index (χ0v) is 15.1. The second-order valence-corrected chi connectivity index (χ2v) is 6.71. The van der Waals surface area contributed by atoms with Gasteiger partial charge in [0, 0.05) is 13.1 Å². The van der Waals surface area contributed by atoms with Crippen molar-refractivity contribution >= 4 is 22.8 Å². The van der Waals surface area contributed by atoms with Crippen molar-refractivity contribution < 1.29 is 18.7 Å². The van der Waals surface area contributed by atoms with Crippen LogP contribution in [0.3, 0.4) is 0 Å². The molecule has 1 fully saturated rings. The minimum absolute atomic E-state index is 0.123. The second kappa shape index (κ2) is 7.67. The topological polar surface area (TPSA) is 105 Å². The Morgan fingerprint density at radius 3 is 2.93 bits per heavy atom. The molecule has 2 aromatic heterocycles. The monoisotopic (exact) mass is 381 g/mol. The van der Waals surface area contributed by atoms with Crippen LogP contribution in [0.25, 0.3) is 10.9 Å². The third-order valence-electron chi connectivity index (χ3n) is 4.79. The number of likely N-dealkylation sites (tertiary alicyclic amines) is 1. The van der Waals surface area contributed by atoms with Gasteiger partial charge in [0.2, 0.25) is 0 Å². The largest absolute Gasteiger partial charge is 0.459 e. The summed E-state index contributed by atoms with van der Waals surface area (Å²) in [5.41, 5.74) is 0.273. The first-order valence-electron chi connectivity index (χ1n) is 9.09. The van der Waals surface area contributed by atoms with Gasteiger partial charge in [0.25, 0.3) is 11.5 Å². The van der Waals surface area contributed by atoms with Gasteiger partial charge in [-0.05, 0) is 37.1 Å². The van der Waals surface area contributed by atoms with Crippen LogP contribution in [0.2, 0.25) is 0 Å². The average Bonchev–Trinajstić information content (AvgIpc) is 3.26. The van der Waals surface area contributed by atoms with E-state index in [2.05, 4.69) is 9.97 Å². The maximum atomic E-state index is 12.5. The molecule has 1 amide bonds. The molecule has 0 bridgehead atoms. The number of nitrogens with one attached hydrogen (secondary N) is 1. The molecule has 0 aliphatic carbocycles. The average molecular weight is 381 g/mol. The van der Waals surface area contributed by atoms with Crippen molar-refractivity contribution in [2.75, 3.05) is 13.1 Å². The summed E-state index contributed by atoms with van der Waals surface area (Å²) in [6, 6.07) is 10.2. The zero-order valence-electron chi connectivity index (χ0n) is 15.1. The van der Waals surface area contributed by atoms with E-state index in [1.807, 2.05) is 0 Å². The molecule has 1 saturated heterocycles. The van der Waals surface area contributed by atoms with Crippen molar-refractivity contribution in [1.82, 2.24) is 14.9 Å². The van der Waals surface area contributed by atoms with E-state index in [1.54, 1.807) is 41.3 Å². The third kappa shape index (κ3) is 3.66. The lowest BCUT2D eigenvalue weighted by molar-refractivity contribution is -0.151. The van der Waals surface area contributed by atoms with Crippen LogP contribution in [-0.2, 0) is 16.1 Å². The number of amides is 1. The number of rotatable bonds is 4. The number of nitrogens with zero attached hydrogens (tertiary/aromatic N) is 2. The molecule has 0 saturated carbocycles. The Labute approximate surface area is 160 Å². The quantitative estimate of drug-likeness (QED) is 0.694. The number of benzene rings is 1. The van der Waals surface area contributed by atoms with E-state index < -0.39 is 11.9 Å². The molecule has 0 spiro atoms. The van der Waals surface area contributed by atoms with Crippen LogP contribution in [0.4, 0.5) is 0 Å². The Bertz CT molecular complexity index is 1060. The first-order valence-corrected chi connectivity index (χ1v) is 9.09. The third-order valence-corrected chi connectivity index (χ3v) is 4.79. The first kappa shape index (κ1) is 18.0. The lowest BCUT2D eigenvalue weighted by Crippen LogP contribution is -2.42. The van der Waals surface area contributed by atoms with Gasteiger partial charge in [-0.1, -0.05) is 12.1 Å². The summed E-state index contributed by atoms with van der Waals surface area (Å²) >= 11 is 0. The van der Waals surface area contributed by atoms with E-state index in [-0.39, 0.29) is 36.2 Å². The molecule has 3 heterocycles. The van der Waals surface area contributed by atoms with E-state index in [9.17, 15) is 14.4 Å². The van der Waals surface area contributed by atoms with Crippen molar-refractivity contribution in [2.24, 2.45) is 5.92 Å². The van der Waals surface area contributed by atoms with Crippen molar-refractivity contribution in [3.8, 4) is 0 Å². The number of para-hydroxylation sites is 1. The Kier molecular flexibility index (Phi) is 4.92. The first-order chi connectivity index (χ1) is 13.6. The van der Waals surface area contributed by atoms with E-state index >= 15 is 0 Å². The van der Waals surface area contributed by atoms with Crippen LogP contribution in [0.1, 0.15) is 29.2 Å². The summed E-state index contributed by atoms with van der Waals surface area (Å²) in [5.74, 6) is -0.515. The van der Waals surface area contributed by atoms with Crippen molar-refractivity contribution in [1.29, 1.82) is 0 Å². The van der Waals surface area contributed by atoms with E-state index in [1.165, 1.54) is 6.26 Å². The van der Waals surface area contributed by atoms with Crippen LogP contribution in [0.5, 0.6) is 0 Å². The van der Waals surface area contributed by atoms with Gasteiger partial charge < -0.3 is 19.0 Å². The smallest absolute Gasteiger partial charge is 0.311 e. The number of aromatic amines is 1. The number of aromatic nitrogens is 2. The summed E-state index contributed by atoms with van der Waals surface area (Å²) in [5, 5.41) is 0.483. The van der Waals surface area contributed by atoms with E-state index in [0.29, 0.717) is 30.3 Å². The van der Waals surface area contributed by atoms with Crippen molar-refractivity contribution in [3.63, 3.8) is 0 Å². The van der Waals surface area contributed by atoms with Crippen LogP contribution < -0.4 is 5.56 Å². The highest BCUT2D eigenvalue weighted by atomic mass is 16.5. The molecule has 0 unspecified atom stereocenters. The molecule has 1 N–H and O–H groups in total. The molecule has 144 valence electrons. The van der Waals surface area contributed by atoms with Gasteiger partial charge in [0.05, 0.1) is 23.1 Å². The van der Waals surface area contributed by atoms with Crippen molar-refractivity contribution in [2.45, 2.75) is 19.4 Å². The minimum Gasteiger partial charge on any atom is -0.459 e. The summed E-state index contributed by atoms with van der Waals surface area (Å²) in [7, 11) is 0. The number of carbonyl (C=O) groups excluding carboxylic acids is 2. The summed E-state index contributed by atoms with van der Waals surface area (Å²) in [6.07, 6.45) is 2.79. The van der Waals surface area contributed by atoms with Gasteiger partial charge in [-0.25, -0.2) is 4.98 Å². The van der Waals surface area contributed by atoms with Crippen LogP contribution in [0, 0.1) is 5.92 Å². The maximum Gasteiger partial charge on any atom is 0.311 e. The Hall–Kier alpha value is -3.42. The molecule has 1 aliphatic heterocycles. The normalized spacial score (nSPS) is 16.9. The Morgan fingerprint density at radius 2 is 2.11 bits per heavy atom. The molecule has 4 rings (SSSR count). The number of H-pyrrole nitrogens is 1. The molecular weight excluding hydrogens is 362 g/mol. The number of hydrogen-bond acceptors (Lipinski definition) is 6.